The van der Waals surface area contributed by atoms with E-state index in [1.165, 1.54) is 21.6 Å². The van der Waals surface area contributed by atoms with Crippen LogP contribution in [0, 0.1) is 0 Å². The molecule has 0 aromatic heterocycles. The minimum atomic E-state index is -4.79. The lowest BCUT2D eigenvalue weighted by Gasteiger charge is -2.34. The lowest BCUT2D eigenvalue weighted by molar-refractivity contribution is -0.197. The molecule has 1 unspecified atom stereocenters. The second-order valence-corrected chi connectivity index (χ2v) is 25.7. The lowest BCUT2D eigenvalue weighted by atomic mass is 10.1. The maximum Gasteiger partial charge on any atom is 0.353 e. The zero-order chi connectivity index (χ0) is 52.8. The number of hydrogen-bond donors (Lipinski definition) is 1. The van der Waals surface area contributed by atoms with Crippen molar-refractivity contribution < 1.29 is 79.8 Å². The summed E-state index contributed by atoms with van der Waals surface area (Å²) in [4.78, 5) is 84.7. The summed E-state index contributed by atoms with van der Waals surface area (Å²) in [5, 5.41) is -1.02. The fourth-order valence-corrected chi connectivity index (χ4v) is 12.3. The minimum absolute atomic E-state index is 0.0209. The molecule has 1 N–H and O–H groups in total. The van der Waals surface area contributed by atoms with Crippen molar-refractivity contribution in [2.75, 3.05) is 118 Å². The molecule has 0 bridgehead atoms. The summed E-state index contributed by atoms with van der Waals surface area (Å²) < 4.78 is 64.8. The molecule has 2 saturated heterocycles. The number of amides is 4. The van der Waals surface area contributed by atoms with Gasteiger partial charge in [-0.25, -0.2) is 9.59 Å². The quantitative estimate of drug-likeness (QED) is 0.0379. The van der Waals surface area contributed by atoms with Crippen molar-refractivity contribution >= 4 is 88.9 Å². The molecule has 21 nitrogen and oxygen atoms in total. The van der Waals surface area contributed by atoms with E-state index in [1.807, 2.05) is 0 Å². The summed E-state index contributed by atoms with van der Waals surface area (Å²) in [6.07, 6.45) is 0.537. The normalized spacial score (nSPS) is 15.2. The number of ether oxygens (including phenoxy) is 6. The van der Waals surface area contributed by atoms with Crippen molar-refractivity contribution in [3.8, 4) is 0 Å². The van der Waals surface area contributed by atoms with Gasteiger partial charge in [0, 0.05) is 106 Å². The molecule has 0 spiro atoms. The minimum Gasteiger partial charge on any atom is -0.382 e. The zero-order valence-corrected chi connectivity index (χ0v) is 46.9. The van der Waals surface area contributed by atoms with Crippen LogP contribution in [0.1, 0.15) is 100 Å². The Labute approximate surface area is 431 Å². The van der Waals surface area contributed by atoms with Gasteiger partial charge in [0.25, 0.3) is 33.7 Å². The lowest BCUT2D eigenvalue weighted by Crippen LogP contribution is -2.42. The molecule has 26 heteroatoms. The highest BCUT2D eigenvalue weighted by molar-refractivity contribution is 8.77. The molecular formula is C44H80N4O17S5. The molecule has 2 heterocycles. The number of methoxy groups -OCH3 is 2. The van der Waals surface area contributed by atoms with Crippen LogP contribution in [0.15, 0.2) is 0 Å². The summed E-state index contributed by atoms with van der Waals surface area (Å²) in [6, 6.07) is 0.684. The van der Waals surface area contributed by atoms with Crippen molar-refractivity contribution in [3.63, 3.8) is 0 Å². The molecule has 0 aromatic rings. The van der Waals surface area contributed by atoms with Crippen molar-refractivity contribution in [1.29, 1.82) is 0 Å². The van der Waals surface area contributed by atoms with Crippen molar-refractivity contribution in [3.05, 3.63) is 0 Å². The van der Waals surface area contributed by atoms with Gasteiger partial charge in [-0.2, -0.15) is 8.42 Å². The standard InChI is InChI=1S/C22H40N2O10S3.C22H40N2O7S2/c1-17(2)23(9-10-32-13-14-33-12-11-31-5)16-22(3,4)36-35-15-8-18(37(28,29)30)21(27)34-24-19(25)6-7-20(24)26;1-18(2)23(10-11-29-14-15-30-13-12-28-5)17-22(3,4)33-32-16-6-7-21(27)31-24-19(25)8-9-20(24)26/h17-18H,6-16H2,1-5H3,(H,28,29,30);18H,6-17H2,1-5H3. The number of hydroxylamine groups is 4. The third kappa shape index (κ3) is 29.8. The van der Waals surface area contributed by atoms with Gasteiger partial charge in [-0.05, 0) is 68.2 Å². The second kappa shape index (κ2) is 36.2. The first-order valence-corrected chi connectivity index (χ1v) is 29.6. The maximum absolute atomic E-state index is 12.3. The van der Waals surface area contributed by atoms with E-state index < -0.39 is 50.9 Å². The summed E-state index contributed by atoms with van der Waals surface area (Å²) in [7, 11) is 4.89. The Balaban J connectivity index is 0.000000705. The second-order valence-electron chi connectivity index (χ2n) is 17.8. The number of hydrogen-bond acceptors (Lipinski definition) is 22. The van der Waals surface area contributed by atoms with Gasteiger partial charge < -0.3 is 38.1 Å². The van der Waals surface area contributed by atoms with Gasteiger partial charge in [-0.1, -0.05) is 43.2 Å². The van der Waals surface area contributed by atoms with E-state index in [1.54, 1.807) is 35.8 Å². The fraction of sp³-hybridized carbons (Fsp3) is 0.864. The number of nitrogens with zero attached hydrogens (tertiary/aromatic N) is 4. The first-order chi connectivity index (χ1) is 32.9. The summed E-state index contributed by atoms with van der Waals surface area (Å²) in [6.45, 7) is 26.0. The predicted octanol–water partition coefficient (Wildman–Crippen LogP) is 4.71. The molecule has 4 amide bonds. The SMILES string of the molecule is COCCOCCOCCN(CC(C)(C)SSCCC(C(=O)ON1C(=O)CCC1=O)S(=O)(=O)O)C(C)C.COCCOCCOCCN(CC(C)(C)SSCCCC(=O)ON1C(=O)CCC1=O)C(C)C. The summed E-state index contributed by atoms with van der Waals surface area (Å²) in [5.41, 5.74) is 0. The molecule has 1 atom stereocenters. The van der Waals surface area contributed by atoms with Crippen LogP contribution in [0.5, 0.6) is 0 Å². The molecule has 2 aliphatic rings. The number of rotatable bonds is 39. The average Bonchev–Trinajstić information content (AvgIpc) is 3.76. The third-order valence-corrected chi connectivity index (χ3v) is 17.7. The number of imide groups is 2. The van der Waals surface area contributed by atoms with E-state index in [0.717, 1.165) is 31.9 Å². The average molecular weight is 1100 g/mol. The highest BCUT2D eigenvalue weighted by Gasteiger charge is 2.39. The molecule has 0 aromatic carbocycles. The molecule has 0 saturated carbocycles. The van der Waals surface area contributed by atoms with E-state index >= 15 is 0 Å². The Morgan fingerprint density at radius 1 is 0.614 bits per heavy atom. The maximum atomic E-state index is 12.3. The zero-order valence-electron chi connectivity index (χ0n) is 42.8. The van der Waals surface area contributed by atoms with E-state index in [2.05, 4.69) is 70.0 Å². The van der Waals surface area contributed by atoms with Gasteiger partial charge in [0.05, 0.1) is 66.1 Å². The van der Waals surface area contributed by atoms with Gasteiger partial charge in [0.1, 0.15) is 0 Å². The smallest absolute Gasteiger partial charge is 0.353 e. The topological polar surface area (TPSA) is 244 Å². The van der Waals surface area contributed by atoms with Gasteiger partial charge in [-0.15, -0.1) is 10.1 Å². The number of carbonyl (C=O) groups excluding carboxylic acids is 6. The van der Waals surface area contributed by atoms with Gasteiger partial charge in [0.2, 0.25) is 0 Å². The Bertz CT molecular complexity index is 1650. The summed E-state index contributed by atoms with van der Waals surface area (Å²) in [5.74, 6) is -3.26. The van der Waals surface area contributed by atoms with Crippen LogP contribution in [0.3, 0.4) is 0 Å². The van der Waals surface area contributed by atoms with E-state index in [-0.39, 0.29) is 64.9 Å². The fourth-order valence-electron chi connectivity index (χ4n) is 6.20. The van der Waals surface area contributed by atoms with Crippen LogP contribution in [0.2, 0.25) is 0 Å². The van der Waals surface area contributed by atoms with Gasteiger partial charge in [0.15, 0.2) is 5.25 Å². The van der Waals surface area contributed by atoms with Crippen LogP contribution >= 0.6 is 43.2 Å². The third-order valence-electron chi connectivity index (χ3n) is 9.93. The van der Waals surface area contributed by atoms with Crippen LogP contribution in [0.25, 0.3) is 0 Å². The summed E-state index contributed by atoms with van der Waals surface area (Å²) >= 11 is 0. The number of carbonyl (C=O) groups is 6. The van der Waals surface area contributed by atoms with Crippen LogP contribution in [-0.2, 0) is 77.0 Å². The largest absolute Gasteiger partial charge is 0.382 e. The molecular weight excluding hydrogens is 1020 g/mol. The van der Waals surface area contributed by atoms with Crippen molar-refractivity contribution in [1.82, 2.24) is 19.9 Å². The molecule has 2 rings (SSSR count). The Hall–Kier alpha value is -1.79. The van der Waals surface area contributed by atoms with E-state index in [9.17, 15) is 41.7 Å². The van der Waals surface area contributed by atoms with Crippen molar-refractivity contribution in [2.24, 2.45) is 0 Å². The Morgan fingerprint density at radius 3 is 1.37 bits per heavy atom. The van der Waals surface area contributed by atoms with Crippen LogP contribution < -0.4 is 0 Å². The Kier molecular flexibility index (Phi) is 34.3. The highest BCUT2D eigenvalue weighted by Crippen LogP contribution is 2.38. The monoisotopic (exact) mass is 1100 g/mol. The molecule has 2 fully saturated rings. The van der Waals surface area contributed by atoms with Crippen molar-refractivity contribution in [2.45, 2.75) is 127 Å². The van der Waals surface area contributed by atoms with E-state index in [0.29, 0.717) is 83.6 Å². The first-order valence-electron chi connectivity index (χ1n) is 23.4. The predicted molar refractivity (Wildman–Crippen MR) is 272 cm³/mol. The Morgan fingerprint density at radius 2 is 0.986 bits per heavy atom. The highest BCUT2D eigenvalue weighted by atomic mass is 33.1. The van der Waals surface area contributed by atoms with Crippen LogP contribution in [-0.4, -0.2) is 213 Å². The molecule has 2 aliphatic heterocycles. The van der Waals surface area contributed by atoms with Gasteiger partial charge >= 0.3 is 11.9 Å². The van der Waals surface area contributed by atoms with Gasteiger partial charge in [-0.3, -0.25) is 33.5 Å². The molecule has 408 valence electrons. The first kappa shape index (κ1) is 66.2. The van der Waals surface area contributed by atoms with Crippen LogP contribution in [0.4, 0.5) is 0 Å². The van der Waals surface area contributed by atoms with E-state index in [4.69, 9.17) is 33.3 Å². The molecule has 0 radical (unpaired) electrons. The molecule has 70 heavy (non-hydrogen) atoms. The molecule has 0 aliphatic carbocycles.